The van der Waals surface area contributed by atoms with Gasteiger partial charge >= 0.3 is 5.69 Å². The highest BCUT2D eigenvalue weighted by molar-refractivity contribution is 7.99. The number of thioether (sulfide) groups is 1. The van der Waals surface area contributed by atoms with E-state index in [1.54, 1.807) is 26.3 Å². The molecule has 0 aliphatic rings. The van der Waals surface area contributed by atoms with Crippen molar-refractivity contribution in [1.82, 2.24) is 19.1 Å². The molecule has 3 rings (SSSR count). The fourth-order valence-electron chi connectivity index (χ4n) is 2.52. The van der Waals surface area contributed by atoms with Crippen LogP contribution in [0.3, 0.4) is 0 Å². The van der Waals surface area contributed by atoms with Crippen LogP contribution in [0.15, 0.2) is 38.9 Å². The Morgan fingerprint density at radius 1 is 1.15 bits per heavy atom. The lowest BCUT2D eigenvalue weighted by Gasteiger charge is -2.12. The maximum absolute atomic E-state index is 12.7. The molecule has 0 N–H and O–H groups in total. The van der Waals surface area contributed by atoms with E-state index in [-0.39, 0.29) is 5.65 Å². The molecule has 0 saturated heterocycles. The van der Waals surface area contributed by atoms with Gasteiger partial charge in [-0.15, -0.1) is 11.8 Å². The Hall–Kier alpha value is -2.16. The third-order valence-electron chi connectivity index (χ3n) is 3.91. The average Bonchev–Trinajstić information content (AvgIpc) is 2.64. The van der Waals surface area contributed by atoms with Crippen LogP contribution in [0.1, 0.15) is 0 Å². The zero-order valence-corrected chi connectivity index (χ0v) is 16.1. The zero-order chi connectivity index (χ0) is 18.8. The van der Waals surface area contributed by atoms with E-state index in [2.05, 4.69) is 9.97 Å². The molecule has 0 amide bonds. The lowest BCUT2D eigenvalue weighted by molar-refractivity contribution is 0.218. The van der Waals surface area contributed by atoms with E-state index in [0.717, 1.165) is 4.57 Å². The molecule has 0 aliphatic heterocycles. The van der Waals surface area contributed by atoms with Crippen molar-refractivity contribution in [2.75, 3.05) is 19.5 Å². The van der Waals surface area contributed by atoms with Gasteiger partial charge in [0, 0.05) is 32.5 Å². The summed E-state index contributed by atoms with van der Waals surface area (Å²) in [5.74, 6) is 0.975. The Morgan fingerprint density at radius 3 is 2.58 bits per heavy atom. The predicted molar refractivity (Wildman–Crippen MR) is 103 cm³/mol. The minimum atomic E-state index is -0.445. The largest absolute Gasteiger partial charge is 0.384 e. The standard InChI is InChI=1S/C17H17ClN4O3S/c1-21-14-12(16(23)22(2)17(21)24)15(26-9-8-25-3)20-13(19-14)10-6-4-5-7-11(10)18/h4-7H,8-9H2,1-3H3. The van der Waals surface area contributed by atoms with Crippen molar-refractivity contribution in [3.63, 3.8) is 0 Å². The third kappa shape index (κ3) is 3.27. The number of hydrogen-bond donors (Lipinski definition) is 0. The zero-order valence-electron chi connectivity index (χ0n) is 14.5. The van der Waals surface area contributed by atoms with Gasteiger partial charge in [0.1, 0.15) is 10.4 Å². The van der Waals surface area contributed by atoms with Crippen molar-refractivity contribution in [2.45, 2.75) is 5.03 Å². The summed E-state index contributed by atoms with van der Waals surface area (Å²) in [6.07, 6.45) is 0. The number of aromatic nitrogens is 4. The van der Waals surface area contributed by atoms with Gasteiger partial charge in [0.05, 0.1) is 11.6 Å². The molecular weight excluding hydrogens is 376 g/mol. The van der Waals surface area contributed by atoms with E-state index in [0.29, 0.717) is 39.2 Å². The Morgan fingerprint density at radius 2 is 1.88 bits per heavy atom. The van der Waals surface area contributed by atoms with Crippen molar-refractivity contribution in [3.8, 4) is 11.4 Å². The van der Waals surface area contributed by atoms with Gasteiger partial charge in [-0.2, -0.15) is 0 Å². The Kier molecular flexibility index (Phi) is 5.45. The van der Waals surface area contributed by atoms with Crippen LogP contribution < -0.4 is 11.2 Å². The second-order valence-corrected chi connectivity index (χ2v) is 7.07. The van der Waals surface area contributed by atoms with Crippen molar-refractivity contribution < 1.29 is 4.74 Å². The SMILES string of the molecule is COCCSc1nc(-c2ccccc2Cl)nc2c1c(=O)n(C)c(=O)n2C. The topological polar surface area (TPSA) is 79.0 Å². The highest BCUT2D eigenvalue weighted by atomic mass is 35.5. The average molecular weight is 393 g/mol. The van der Waals surface area contributed by atoms with Crippen LogP contribution in [0.2, 0.25) is 5.02 Å². The highest BCUT2D eigenvalue weighted by Gasteiger charge is 2.18. The Balaban J connectivity index is 2.35. The normalized spacial score (nSPS) is 11.2. The van der Waals surface area contributed by atoms with Crippen LogP contribution in [0.5, 0.6) is 0 Å². The fraction of sp³-hybridized carbons (Fsp3) is 0.294. The van der Waals surface area contributed by atoms with E-state index in [1.807, 2.05) is 12.1 Å². The van der Waals surface area contributed by atoms with Crippen LogP contribution in [0, 0.1) is 0 Å². The first-order valence-corrected chi connectivity index (χ1v) is 9.16. The highest BCUT2D eigenvalue weighted by Crippen LogP contribution is 2.29. The van der Waals surface area contributed by atoms with Crippen molar-refractivity contribution in [1.29, 1.82) is 0 Å². The third-order valence-corrected chi connectivity index (χ3v) is 5.18. The van der Waals surface area contributed by atoms with E-state index in [1.165, 1.54) is 23.4 Å². The molecule has 0 fully saturated rings. The summed E-state index contributed by atoms with van der Waals surface area (Å²) in [7, 11) is 4.63. The first-order valence-electron chi connectivity index (χ1n) is 7.80. The van der Waals surface area contributed by atoms with Crippen LogP contribution >= 0.6 is 23.4 Å². The maximum Gasteiger partial charge on any atom is 0.332 e. The van der Waals surface area contributed by atoms with E-state index in [9.17, 15) is 9.59 Å². The van der Waals surface area contributed by atoms with E-state index in [4.69, 9.17) is 16.3 Å². The molecule has 1 aromatic carbocycles. The second kappa shape index (κ2) is 7.61. The number of fused-ring (bicyclic) bond motifs is 1. The first-order chi connectivity index (χ1) is 12.5. The molecule has 26 heavy (non-hydrogen) atoms. The molecule has 0 bridgehead atoms. The number of aryl methyl sites for hydroxylation is 1. The molecule has 7 nitrogen and oxygen atoms in total. The number of hydrogen-bond acceptors (Lipinski definition) is 6. The lowest BCUT2D eigenvalue weighted by Crippen LogP contribution is -2.37. The van der Waals surface area contributed by atoms with E-state index >= 15 is 0 Å². The number of benzene rings is 1. The van der Waals surface area contributed by atoms with Gasteiger partial charge < -0.3 is 4.74 Å². The minimum Gasteiger partial charge on any atom is -0.384 e. The Bertz CT molecular complexity index is 1090. The van der Waals surface area contributed by atoms with Crippen molar-refractivity contribution in [2.24, 2.45) is 14.1 Å². The molecule has 0 radical (unpaired) electrons. The first kappa shape index (κ1) is 18.6. The molecule has 0 atom stereocenters. The minimum absolute atomic E-state index is 0.280. The molecule has 2 aromatic heterocycles. The Labute approximate surface area is 158 Å². The summed E-state index contributed by atoms with van der Waals surface area (Å²) < 4.78 is 7.49. The van der Waals surface area contributed by atoms with Crippen LogP contribution in [-0.4, -0.2) is 38.6 Å². The summed E-state index contributed by atoms with van der Waals surface area (Å²) in [5, 5.41) is 1.30. The number of nitrogens with zero attached hydrogens (tertiary/aromatic N) is 4. The summed E-state index contributed by atoms with van der Waals surface area (Å²) in [4.78, 5) is 34.0. The molecule has 9 heteroatoms. The second-order valence-electron chi connectivity index (χ2n) is 5.58. The molecule has 0 saturated carbocycles. The maximum atomic E-state index is 12.7. The summed E-state index contributed by atoms with van der Waals surface area (Å²) in [5.41, 5.74) is 0.0496. The molecular formula is C17H17ClN4O3S. The molecule has 136 valence electrons. The van der Waals surface area contributed by atoms with Gasteiger partial charge in [-0.25, -0.2) is 14.8 Å². The smallest absolute Gasteiger partial charge is 0.332 e. The fourth-order valence-corrected chi connectivity index (χ4v) is 3.66. The summed E-state index contributed by atoms with van der Waals surface area (Å²) >= 11 is 7.65. The quantitative estimate of drug-likeness (QED) is 0.376. The van der Waals surface area contributed by atoms with Crippen molar-refractivity contribution in [3.05, 3.63) is 50.1 Å². The molecule has 0 aliphatic carbocycles. The van der Waals surface area contributed by atoms with Gasteiger partial charge in [0.2, 0.25) is 0 Å². The predicted octanol–water partition coefficient (Wildman–Crippen LogP) is 2.09. The molecule has 2 heterocycles. The number of ether oxygens (including phenoxy) is 1. The molecule has 0 unspecified atom stereocenters. The molecule has 0 spiro atoms. The van der Waals surface area contributed by atoms with Crippen LogP contribution in [0.25, 0.3) is 22.4 Å². The monoisotopic (exact) mass is 392 g/mol. The lowest BCUT2D eigenvalue weighted by atomic mass is 10.2. The van der Waals surface area contributed by atoms with E-state index < -0.39 is 11.2 Å². The number of rotatable bonds is 5. The summed E-state index contributed by atoms with van der Waals surface area (Å²) in [6.45, 7) is 0.504. The molecule has 3 aromatic rings. The van der Waals surface area contributed by atoms with Crippen LogP contribution in [-0.2, 0) is 18.8 Å². The van der Waals surface area contributed by atoms with Gasteiger partial charge in [-0.1, -0.05) is 23.7 Å². The van der Waals surface area contributed by atoms with Gasteiger partial charge in [-0.05, 0) is 12.1 Å². The summed E-state index contributed by atoms with van der Waals surface area (Å²) in [6, 6.07) is 7.18. The van der Waals surface area contributed by atoms with Gasteiger partial charge in [0.25, 0.3) is 5.56 Å². The van der Waals surface area contributed by atoms with Crippen molar-refractivity contribution >= 4 is 34.4 Å². The van der Waals surface area contributed by atoms with Gasteiger partial charge in [-0.3, -0.25) is 13.9 Å². The van der Waals surface area contributed by atoms with Crippen LogP contribution in [0.4, 0.5) is 0 Å². The number of halogens is 1. The number of methoxy groups -OCH3 is 1. The van der Waals surface area contributed by atoms with Gasteiger partial charge in [0.15, 0.2) is 11.5 Å².